The van der Waals surface area contributed by atoms with Gasteiger partial charge in [-0.15, -0.1) is 0 Å². The van der Waals surface area contributed by atoms with Crippen molar-refractivity contribution < 1.29 is 9.53 Å². The van der Waals surface area contributed by atoms with E-state index in [0.29, 0.717) is 12.5 Å². The van der Waals surface area contributed by atoms with Crippen molar-refractivity contribution in [2.75, 3.05) is 7.11 Å². The Labute approximate surface area is 87.0 Å². The van der Waals surface area contributed by atoms with Gasteiger partial charge in [-0.05, 0) is 19.3 Å². The quantitative estimate of drug-likeness (QED) is 0.484. The summed E-state index contributed by atoms with van der Waals surface area (Å²) < 4.78 is 4.55. The molecule has 0 heterocycles. The molecule has 0 bridgehead atoms. The van der Waals surface area contributed by atoms with Crippen LogP contribution >= 0.6 is 0 Å². The van der Waals surface area contributed by atoms with Gasteiger partial charge in [0, 0.05) is 12.5 Å². The summed E-state index contributed by atoms with van der Waals surface area (Å²) >= 11 is 0. The summed E-state index contributed by atoms with van der Waals surface area (Å²) in [5.74, 6) is -0.118. The molecule has 0 rings (SSSR count). The Hall–Kier alpha value is -0.570. The highest BCUT2D eigenvalue weighted by Crippen LogP contribution is 2.08. The van der Waals surface area contributed by atoms with Gasteiger partial charge in [0.15, 0.2) is 0 Å². The van der Waals surface area contributed by atoms with Crippen molar-refractivity contribution in [3.8, 4) is 0 Å². The number of unbranched alkanes of at least 4 members (excludes halogenated alkanes) is 2. The molecule has 0 aromatic heterocycles. The Bertz CT molecular complexity index is 148. The van der Waals surface area contributed by atoms with Gasteiger partial charge in [-0.25, -0.2) is 0 Å². The van der Waals surface area contributed by atoms with E-state index in [2.05, 4.69) is 11.7 Å². The molecule has 84 valence electrons. The van der Waals surface area contributed by atoms with Crippen molar-refractivity contribution in [3.63, 3.8) is 0 Å². The molecule has 0 amide bonds. The Morgan fingerprint density at radius 3 is 2.50 bits per heavy atom. The fourth-order valence-electron chi connectivity index (χ4n) is 1.39. The van der Waals surface area contributed by atoms with Gasteiger partial charge < -0.3 is 10.5 Å². The highest BCUT2D eigenvalue weighted by atomic mass is 16.5. The van der Waals surface area contributed by atoms with E-state index in [1.807, 2.05) is 0 Å². The molecule has 14 heavy (non-hydrogen) atoms. The first-order chi connectivity index (χ1) is 6.70. The lowest BCUT2D eigenvalue weighted by molar-refractivity contribution is -0.140. The number of hydrogen-bond donors (Lipinski definition) is 1. The molecule has 0 aliphatic heterocycles. The average molecular weight is 201 g/mol. The Kier molecular flexibility index (Phi) is 8.64. The molecule has 0 spiro atoms. The second-order valence-corrected chi connectivity index (χ2v) is 3.72. The van der Waals surface area contributed by atoms with Crippen molar-refractivity contribution in [1.29, 1.82) is 0 Å². The van der Waals surface area contributed by atoms with Crippen molar-refractivity contribution in [3.05, 3.63) is 0 Å². The lowest BCUT2D eigenvalue weighted by Gasteiger charge is -2.09. The van der Waals surface area contributed by atoms with Crippen molar-refractivity contribution in [2.24, 2.45) is 5.73 Å². The summed E-state index contributed by atoms with van der Waals surface area (Å²) in [5, 5.41) is 0. The molecular weight excluding hydrogens is 178 g/mol. The minimum Gasteiger partial charge on any atom is -0.469 e. The molecule has 0 aliphatic rings. The van der Waals surface area contributed by atoms with Crippen LogP contribution in [0, 0.1) is 0 Å². The van der Waals surface area contributed by atoms with Crippen LogP contribution in [-0.4, -0.2) is 19.1 Å². The molecule has 2 N–H and O–H groups in total. The lowest BCUT2D eigenvalue weighted by atomic mass is 10.0. The monoisotopic (exact) mass is 201 g/mol. The van der Waals surface area contributed by atoms with Crippen LogP contribution in [0.3, 0.4) is 0 Å². The molecule has 3 heteroatoms. The zero-order valence-corrected chi connectivity index (χ0v) is 9.42. The Balaban J connectivity index is 3.22. The zero-order chi connectivity index (χ0) is 10.8. The van der Waals surface area contributed by atoms with E-state index in [9.17, 15) is 4.79 Å². The SMILES string of the molecule is CCCCC(N)CCCCC(=O)OC. The minimum atomic E-state index is -0.118. The molecule has 0 fully saturated rings. The first-order valence-corrected chi connectivity index (χ1v) is 5.53. The fourth-order valence-corrected chi connectivity index (χ4v) is 1.39. The van der Waals surface area contributed by atoms with Gasteiger partial charge in [-0.3, -0.25) is 4.79 Å². The van der Waals surface area contributed by atoms with E-state index in [4.69, 9.17) is 5.73 Å². The fraction of sp³-hybridized carbons (Fsp3) is 0.909. The number of nitrogens with two attached hydrogens (primary N) is 1. The molecule has 1 unspecified atom stereocenters. The molecule has 0 radical (unpaired) electrons. The van der Waals surface area contributed by atoms with Gasteiger partial charge >= 0.3 is 5.97 Å². The second-order valence-electron chi connectivity index (χ2n) is 3.72. The van der Waals surface area contributed by atoms with Crippen LogP contribution in [0.25, 0.3) is 0 Å². The van der Waals surface area contributed by atoms with Gasteiger partial charge in [0.2, 0.25) is 0 Å². The van der Waals surface area contributed by atoms with Crippen molar-refractivity contribution in [2.45, 2.75) is 57.9 Å². The average Bonchev–Trinajstić information content (AvgIpc) is 2.21. The summed E-state index contributed by atoms with van der Waals surface area (Å²) in [5.41, 5.74) is 5.89. The number of esters is 1. The van der Waals surface area contributed by atoms with E-state index >= 15 is 0 Å². The van der Waals surface area contributed by atoms with Gasteiger partial charge in [0.25, 0.3) is 0 Å². The molecule has 3 nitrogen and oxygen atoms in total. The maximum Gasteiger partial charge on any atom is 0.305 e. The molecule has 1 atom stereocenters. The van der Waals surface area contributed by atoms with Crippen LogP contribution in [0.1, 0.15) is 51.9 Å². The highest BCUT2D eigenvalue weighted by molar-refractivity contribution is 5.68. The van der Waals surface area contributed by atoms with Gasteiger partial charge in [0.05, 0.1) is 7.11 Å². The van der Waals surface area contributed by atoms with Crippen LogP contribution in [0.5, 0.6) is 0 Å². The number of methoxy groups -OCH3 is 1. The summed E-state index contributed by atoms with van der Waals surface area (Å²) in [6, 6.07) is 0.313. The third-order valence-corrected chi connectivity index (χ3v) is 2.36. The maximum atomic E-state index is 10.8. The van der Waals surface area contributed by atoms with E-state index in [-0.39, 0.29) is 5.97 Å². The van der Waals surface area contributed by atoms with Crippen molar-refractivity contribution >= 4 is 5.97 Å². The lowest BCUT2D eigenvalue weighted by Crippen LogP contribution is -2.19. The standard InChI is InChI=1S/C11H23NO2/c1-3-4-7-10(12)8-5-6-9-11(13)14-2/h10H,3-9,12H2,1-2H3. The normalized spacial score (nSPS) is 12.5. The van der Waals surface area contributed by atoms with Crippen LogP contribution in [-0.2, 0) is 9.53 Å². The number of hydrogen-bond acceptors (Lipinski definition) is 3. The molecule has 0 aromatic rings. The zero-order valence-electron chi connectivity index (χ0n) is 9.42. The predicted molar refractivity (Wildman–Crippen MR) is 58.0 cm³/mol. The second kappa shape index (κ2) is 9.00. The van der Waals surface area contributed by atoms with E-state index in [1.165, 1.54) is 20.0 Å². The third kappa shape index (κ3) is 8.05. The maximum absolute atomic E-state index is 10.8. The Morgan fingerprint density at radius 2 is 1.93 bits per heavy atom. The molecule has 0 saturated heterocycles. The van der Waals surface area contributed by atoms with Crippen LogP contribution in [0.2, 0.25) is 0 Å². The summed E-state index contributed by atoms with van der Waals surface area (Å²) in [7, 11) is 1.43. The summed E-state index contributed by atoms with van der Waals surface area (Å²) in [6.07, 6.45) is 6.99. The number of carbonyl (C=O) groups is 1. The first kappa shape index (κ1) is 13.4. The summed E-state index contributed by atoms with van der Waals surface area (Å²) in [6.45, 7) is 2.17. The smallest absolute Gasteiger partial charge is 0.305 e. The van der Waals surface area contributed by atoms with E-state index in [1.54, 1.807) is 0 Å². The molecule has 0 aliphatic carbocycles. The number of rotatable bonds is 8. The third-order valence-electron chi connectivity index (χ3n) is 2.36. The van der Waals surface area contributed by atoms with Gasteiger partial charge in [-0.2, -0.15) is 0 Å². The molecule has 0 saturated carbocycles. The summed E-state index contributed by atoms with van der Waals surface area (Å²) in [4.78, 5) is 10.8. The first-order valence-electron chi connectivity index (χ1n) is 5.53. The van der Waals surface area contributed by atoms with Crippen LogP contribution < -0.4 is 5.73 Å². The van der Waals surface area contributed by atoms with Crippen LogP contribution in [0.15, 0.2) is 0 Å². The minimum absolute atomic E-state index is 0.118. The number of ether oxygens (including phenoxy) is 1. The van der Waals surface area contributed by atoms with Gasteiger partial charge in [0.1, 0.15) is 0 Å². The van der Waals surface area contributed by atoms with Gasteiger partial charge in [-0.1, -0.05) is 26.2 Å². The Morgan fingerprint density at radius 1 is 1.29 bits per heavy atom. The van der Waals surface area contributed by atoms with E-state index in [0.717, 1.165) is 25.7 Å². The molecular formula is C11H23NO2. The number of carbonyl (C=O) groups excluding carboxylic acids is 1. The molecule has 0 aromatic carbocycles. The highest BCUT2D eigenvalue weighted by Gasteiger charge is 2.03. The largest absolute Gasteiger partial charge is 0.469 e. The predicted octanol–water partition coefficient (Wildman–Crippen LogP) is 2.24. The topological polar surface area (TPSA) is 52.3 Å². The van der Waals surface area contributed by atoms with E-state index < -0.39 is 0 Å². The van der Waals surface area contributed by atoms with Crippen LogP contribution in [0.4, 0.5) is 0 Å². The van der Waals surface area contributed by atoms with Crippen molar-refractivity contribution in [1.82, 2.24) is 0 Å².